The molecule has 0 saturated carbocycles. The molecule has 0 radical (unpaired) electrons. The standard InChI is InChI=1S/C32H23N3/c1-22-20-31(26-15-11-23(12-16-26)28-8-5-19-33-21-28)35-32(34-22)27-17-13-25(14-18-27)30-10-4-7-24-6-2-3-9-29(24)30/h2-21H,1H3. The van der Waals surface area contributed by atoms with Crippen molar-refractivity contribution in [1.29, 1.82) is 0 Å². The molecule has 0 N–H and O–H groups in total. The van der Waals surface area contributed by atoms with E-state index in [1.807, 2.05) is 25.3 Å². The van der Waals surface area contributed by atoms with Crippen molar-refractivity contribution < 1.29 is 0 Å². The molecule has 35 heavy (non-hydrogen) atoms. The average molecular weight is 450 g/mol. The summed E-state index contributed by atoms with van der Waals surface area (Å²) in [5.74, 6) is 0.737. The monoisotopic (exact) mass is 449 g/mol. The van der Waals surface area contributed by atoms with Crippen molar-refractivity contribution in [2.24, 2.45) is 0 Å². The van der Waals surface area contributed by atoms with Gasteiger partial charge >= 0.3 is 0 Å². The van der Waals surface area contributed by atoms with Gasteiger partial charge in [-0.15, -0.1) is 0 Å². The lowest BCUT2D eigenvalue weighted by Gasteiger charge is -2.10. The van der Waals surface area contributed by atoms with Gasteiger partial charge < -0.3 is 0 Å². The van der Waals surface area contributed by atoms with Gasteiger partial charge in [0.1, 0.15) is 0 Å². The molecule has 6 rings (SSSR count). The van der Waals surface area contributed by atoms with Crippen LogP contribution in [-0.4, -0.2) is 15.0 Å². The van der Waals surface area contributed by atoms with Gasteiger partial charge in [-0.1, -0.05) is 97.1 Å². The Morgan fingerprint density at radius 2 is 1.26 bits per heavy atom. The molecule has 0 fully saturated rings. The highest BCUT2D eigenvalue weighted by Crippen LogP contribution is 2.31. The van der Waals surface area contributed by atoms with E-state index in [-0.39, 0.29) is 0 Å². The summed E-state index contributed by atoms with van der Waals surface area (Å²) in [5, 5.41) is 2.50. The molecule has 0 aliphatic carbocycles. The van der Waals surface area contributed by atoms with E-state index in [9.17, 15) is 0 Å². The fraction of sp³-hybridized carbons (Fsp3) is 0.0312. The van der Waals surface area contributed by atoms with Gasteiger partial charge in [0.25, 0.3) is 0 Å². The molecule has 0 atom stereocenters. The lowest BCUT2D eigenvalue weighted by Crippen LogP contribution is -1.95. The van der Waals surface area contributed by atoms with E-state index in [4.69, 9.17) is 9.97 Å². The average Bonchev–Trinajstić information content (AvgIpc) is 2.93. The maximum Gasteiger partial charge on any atom is 0.160 e. The SMILES string of the molecule is Cc1cc(-c2ccc(-c3cccnc3)cc2)nc(-c2ccc(-c3cccc4ccccc34)cc2)n1. The van der Waals surface area contributed by atoms with Crippen molar-refractivity contribution >= 4 is 10.8 Å². The van der Waals surface area contributed by atoms with Gasteiger partial charge in [0.15, 0.2) is 5.82 Å². The topological polar surface area (TPSA) is 38.7 Å². The van der Waals surface area contributed by atoms with Crippen LogP contribution in [0.15, 0.2) is 122 Å². The Morgan fingerprint density at radius 1 is 0.543 bits per heavy atom. The van der Waals surface area contributed by atoms with Crippen LogP contribution in [0.4, 0.5) is 0 Å². The molecule has 3 nitrogen and oxygen atoms in total. The van der Waals surface area contributed by atoms with Crippen molar-refractivity contribution in [3.05, 3.63) is 127 Å². The fourth-order valence-electron chi connectivity index (χ4n) is 4.49. The first-order chi connectivity index (χ1) is 17.2. The highest BCUT2D eigenvalue weighted by molar-refractivity contribution is 5.96. The van der Waals surface area contributed by atoms with E-state index in [0.29, 0.717) is 0 Å². The van der Waals surface area contributed by atoms with Gasteiger partial charge in [0.2, 0.25) is 0 Å². The van der Waals surface area contributed by atoms with Crippen LogP contribution in [0.2, 0.25) is 0 Å². The molecule has 0 amide bonds. The number of benzene rings is 4. The van der Waals surface area contributed by atoms with Crippen LogP contribution in [0.5, 0.6) is 0 Å². The molecule has 3 heteroatoms. The third kappa shape index (κ3) is 4.20. The van der Waals surface area contributed by atoms with E-state index in [0.717, 1.165) is 39.5 Å². The van der Waals surface area contributed by atoms with E-state index in [2.05, 4.69) is 102 Å². The minimum absolute atomic E-state index is 0.737. The van der Waals surface area contributed by atoms with E-state index < -0.39 is 0 Å². The van der Waals surface area contributed by atoms with E-state index in [1.54, 1.807) is 6.20 Å². The molecule has 4 aromatic carbocycles. The predicted octanol–water partition coefficient (Wildman–Crippen LogP) is 8.00. The number of aryl methyl sites for hydroxylation is 1. The second-order valence-corrected chi connectivity index (χ2v) is 8.64. The summed E-state index contributed by atoms with van der Waals surface area (Å²) in [5.41, 5.74) is 8.59. The molecular weight excluding hydrogens is 426 g/mol. The Hall–Kier alpha value is -4.63. The Balaban J connectivity index is 1.33. The lowest BCUT2D eigenvalue weighted by atomic mass is 9.97. The Morgan fingerprint density at radius 3 is 2.06 bits per heavy atom. The van der Waals surface area contributed by atoms with Gasteiger partial charge in [0, 0.05) is 29.2 Å². The number of hydrogen-bond donors (Lipinski definition) is 0. The second-order valence-electron chi connectivity index (χ2n) is 8.64. The molecule has 2 heterocycles. The quantitative estimate of drug-likeness (QED) is 0.274. The summed E-state index contributed by atoms with van der Waals surface area (Å²) in [7, 11) is 0. The zero-order chi connectivity index (χ0) is 23.6. The Kier molecular flexibility index (Phi) is 5.36. The number of fused-ring (bicyclic) bond motifs is 1. The van der Waals surface area contributed by atoms with Crippen molar-refractivity contribution in [3.8, 4) is 44.9 Å². The summed E-state index contributed by atoms with van der Waals surface area (Å²) >= 11 is 0. The first-order valence-electron chi connectivity index (χ1n) is 11.7. The first-order valence-corrected chi connectivity index (χ1v) is 11.7. The van der Waals surface area contributed by atoms with Crippen LogP contribution in [-0.2, 0) is 0 Å². The number of rotatable bonds is 4. The lowest BCUT2D eigenvalue weighted by molar-refractivity contribution is 1.12. The van der Waals surface area contributed by atoms with Crippen molar-refractivity contribution in [2.45, 2.75) is 6.92 Å². The molecule has 0 aliphatic heterocycles. The number of hydrogen-bond acceptors (Lipinski definition) is 3. The van der Waals surface area contributed by atoms with Gasteiger partial charge in [0.05, 0.1) is 5.69 Å². The predicted molar refractivity (Wildman–Crippen MR) is 144 cm³/mol. The van der Waals surface area contributed by atoms with Gasteiger partial charge in [-0.05, 0) is 52.1 Å². The van der Waals surface area contributed by atoms with Gasteiger partial charge in [-0.3, -0.25) is 4.98 Å². The third-order valence-corrected chi connectivity index (χ3v) is 6.27. The summed E-state index contributed by atoms with van der Waals surface area (Å²) in [6.45, 7) is 2.02. The largest absolute Gasteiger partial charge is 0.264 e. The Labute approximate surface area is 204 Å². The molecule has 0 spiro atoms. The van der Waals surface area contributed by atoms with Crippen LogP contribution in [0.3, 0.4) is 0 Å². The smallest absolute Gasteiger partial charge is 0.160 e. The molecule has 0 bridgehead atoms. The highest BCUT2D eigenvalue weighted by atomic mass is 14.9. The first kappa shape index (κ1) is 20.9. The van der Waals surface area contributed by atoms with Gasteiger partial charge in [-0.25, -0.2) is 9.97 Å². The number of pyridine rings is 1. The van der Waals surface area contributed by atoms with Crippen LogP contribution in [0.1, 0.15) is 5.69 Å². The Bertz CT molecular complexity index is 1620. The minimum atomic E-state index is 0.737. The van der Waals surface area contributed by atoms with Crippen molar-refractivity contribution in [1.82, 2.24) is 15.0 Å². The summed E-state index contributed by atoms with van der Waals surface area (Å²) in [4.78, 5) is 13.9. The maximum atomic E-state index is 4.91. The number of aromatic nitrogens is 3. The summed E-state index contributed by atoms with van der Waals surface area (Å²) < 4.78 is 0. The molecule has 6 aromatic rings. The summed E-state index contributed by atoms with van der Waals surface area (Å²) in [6, 6.07) is 38.0. The van der Waals surface area contributed by atoms with Crippen molar-refractivity contribution in [2.75, 3.05) is 0 Å². The zero-order valence-electron chi connectivity index (χ0n) is 19.4. The van der Waals surface area contributed by atoms with Crippen LogP contribution in [0.25, 0.3) is 55.7 Å². The number of nitrogens with zero attached hydrogens (tertiary/aromatic N) is 3. The van der Waals surface area contributed by atoms with Gasteiger partial charge in [-0.2, -0.15) is 0 Å². The fourth-order valence-corrected chi connectivity index (χ4v) is 4.49. The maximum absolute atomic E-state index is 4.91. The van der Waals surface area contributed by atoms with Crippen LogP contribution < -0.4 is 0 Å². The molecule has 0 unspecified atom stereocenters. The molecule has 0 aliphatic rings. The second kappa shape index (κ2) is 8.96. The molecule has 166 valence electrons. The minimum Gasteiger partial charge on any atom is -0.264 e. The molecular formula is C32H23N3. The van der Waals surface area contributed by atoms with Crippen molar-refractivity contribution in [3.63, 3.8) is 0 Å². The summed E-state index contributed by atoms with van der Waals surface area (Å²) in [6.07, 6.45) is 3.67. The van der Waals surface area contributed by atoms with E-state index >= 15 is 0 Å². The van der Waals surface area contributed by atoms with E-state index in [1.165, 1.54) is 21.9 Å². The zero-order valence-corrected chi connectivity index (χ0v) is 19.4. The normalized spacial score (nSPS) is 11.0. The molecule has 2 aromatic heterocycles. The van der Waals surface area contributed by atoms with Crippen LogP contribution in [0, 0.1) is 6.92 Å². The highest BCUT2D eigenvalue weighted by Gasteiger charge is 2.09. The molecule has 0 saturated heterocycles. The third-order valence-electron chi connectivity index (χ3n) is 6.27. The van der Waals surface area contributed by atoms with Crippen LogP contribution >= 0.6 is 0 Å².